The van der Waals surface area contributed by atoms with Crippen molar-refractivity contribution in [3.8, 4) is 5.75 Å². The number of sulfonamides is 1. The molecule has 0 fully saturated rings. The van der Waals surface area contributed by atoms with E-state index in [1.165, 1.54) is 24.1 Å². The lowest BCUT2D eigenvalue weighted by Crippen LogP contribution is -2.53. The number of methoxy groups -OCH3 is 1. The Morgan fingerprint density at radius 1 is 0.844 bits per heavy atom. The van der Waals surface area contributed by atoms with Crippen molar-refractivity contribution in [3.05, 3.63) is 126 Å². The van der Waals surface area contributed by atoms with Gasteiger partial charge in [-0.25, -0.2) is 8.42 Å². The molecule has 0 aliphatic heterocycles. The lowest BCUT2D eigenvalue weighted by molar-refractivity contribution is -0.140. The summed E-state index contributed by atoms with van der Waals surface area (Å²) in [5.41, 5.74) is 3.00. The zero-order chi connectivity index (χ0) is 32.2. The molecule has 1 atom stereocenters. The zero-order valence-electron chi connectivity index (χ0n) is 26.1. The van der Waals surface area contributed by atoms with E-state index in [0.717, 1.165) is 33.8 Å². The number of nitrogens with zero attached hydrogens (tertiary/aromatic N) is 2. The van der Waals surface area contributed by atoms with Crippen LogP contribution in [-0.2, 0) is 32.6 Å². The van der Waals surface area contributed by atoms with Gasteiger partial charge in [0.15, 0.2) is 0 Å². The van der Waals surface area contributed by atoms with Crippen molar-refractivity contribution in [3.63, 3.8) is 0 Å². The maximum atomic E-state index is 14.5. The summed E-state index contributed by atoms with van der Waals surface area (Å²) in [6, 6.07) is 31.0. The van der Waals surface area contributed by atoms with Gasteiger partial charge < -0.3 is 15.0 Å². The van der Waals surface area contributed by atoms with Crippen LogP contribution in [0.25, 0.3) is 0 Å². The average molecular weight is 628 g/mol. The third kappa shape index (κ3) is 8.95. The summed E-state index contributed by atoms with van der Waals surface area (Å²) in [6.07, 6.45) is 1.97. The second-order valence-electron chi connectivity index (χ2n) is 10.9. The summed E-state index contributed by atoms with van der Waals surface area (Å²) in [7, 11) is -2.68. The molecule has 4 aromatic rings. The van der Waals surface area contributed by atoms with Gasteiger partial charge >= 0.3 is 0 Å². The molecule has 0 saturated heterocycles. The van der Waals surface area contributed by atoms with Crippen LogP contribution in [0.3, 0.4) is 0 Å². The van der Waals surface area contributed by atoms with Gasteiger partial charge in [0, 0.05) is 25.6 Å². The number of aryl methyl sites for hydroxylation is 1. The Kier molecular flexibility index (Phi) is 11.8. The molecule has 0 radical (unpaired) electrons. The molecule has 8 nitrogen and oxygen atoms in total. The van der Waals surface area contributed by atoms with Crippen LogP contribution in [0.4, 0.5) is 5.69 Å². The number of rotatable bonds is 15. The highest BCUT2D eigenvalue weighted by Gasteiger charge is 2.34. The van der Waals surface area contributed by atoms with E-state index in [2.05, 4.69) is 5.32 Å². The minimum Gasteiger partial charge on any atom is -0.497 e. The van der Waals surface area contributed by atoms with Crippen LogP contribution in [0.5, 0.6) is 5.75 Å². The Morgan fingerprint density at radius 2 is 1.51 bits per heavy atom. The molecule has 0 aliphatic rings. The van der Waals surface area contributed by atoms with Gasteiger partial charge in [0.2, 0.25) is 11.8 Å². The molecule has 0 bridgehead atoms. The number of hydrogen-bond acceptors (Lipinski definition) is 5. The number of nitrogens with one attached hydrogen (secondary N) is 1. The fourth-order valence-electron chi connectivity index (χ4n) is 5.08. The van der Waals surface area contributed by atoms with Crippen molar-refractivity contribution >= 4 is 27.5 Å². The molecule has 4 rings (SSSR count). The number of anilines is 1. The van der Waals surface area contributed by atoms with Crippen LogP contribution in [0.1, 0.15) is 36.5 Å². The lowest BCUT2D eigenvalue weighted by atomic mass is 10.0. The van der Waals surface area contributed by atoms with Crippen LogP contribution in [0, 0.1) is 6.92 Å². The molecule has 0 saturated carbocycles. The maximum absolute atomic E-state index is 14.5. The van der Waals surface area contributed by atoms with Gasteiger partial charge in [-0.2, -0.15) is 0 Å². The van der Waals surface area contributed by atoms with E-state index in [1.807, 2.05) is 68.4 Å². The lowest BCUT2D eigenvalue weighted by Gasteiger charge is -2.34. The molecule has 0 spiro atoms. The zero-order valence-corrected chi connectivity index (χ0v) is 26.9. The second kappa shape index (κ2) is 15.9. The Morgan fingerprint density at radius 3 is 2.18 bits per heavy atom. The fourth-order valence-corrected chi connectivity index (χ4v) is 6.51. The Hall–Kier alpha value is -4.63. The van der Waals surface area contributed by atoms with Crippen molar-refractivity contribution in [2.45, 2.75) is 50.6 Å². The van der Waals surface area contributed by atoms with Crippen LogP contribution < -0.4 is 14.4 Å². The van der Waals surface area contributed by atoms with Crippen molar-refractivity contribution < 1.29 is 22.7 Å². The quantitative estimate of drug-likeness (QED) is 0.169. The molecular formula is C36H41N3O5S. The van der Waals surface area contributed by atoms with Gasteiger partial charge in [0.25, 0.3) is 10.0 Å². The first kappa shape index (κ1) is 33.3. The van der Waals surface area contributed by atoms with Gasteiger partial charge in [0.05, 0.1) is 17.7 Å². The van der Waals surface area contributed by atoms with Crippen LogP contribution >= 0.6 is 0 Å². The van der Waals surface area contributed by atoms with Crippen molar-refractivity contribution in [2.24, 2.45) is 0 Å². The normalized spacial score (nSPS) is 11.8. The number of unbranched alkanes of at least 4 members (excludes halogenated alkanes) is 1. The van der Waals surface area contributed by atoms with Gasteiger partial charge in [0.1, 0.15) is 18.3 Å². The predicted octanol–water partition coefficient (Wildman–Crippen LogP) is 5.76. The summed E-state index contributed by atoms with van der Waals surface area (Å²) < 4.78 is 34.7. The number of hydrogen-bond donors (Lipinski definition) is 1. The van der Waals surface area contributed by atoms with Crippen LogP contribution in [-0.4, -0.2) is 51.4 Å². The van der Waals surface area contributed by atoms with Crippen molar-refractivity contribution in [2.75, 3.05) is 24.5 Å². The molecule has 0 aromatic heterocycles. The topological polar surface area (TPSA) is 96.0 Å². The van der Waals surface area contributed by atoms with E-state index in [1.54, 1.807) is 42.5 Å². The van der Waals surface area contributed by atoms with Gasteiger partial charge in [-0.05, 0) is 48.7 Å². The second-order valence-corrected chi connectivity index (χ2v) is 12.7. The SMILES string of the molecule is CCCCNC(=O)[C@H](Cc1ccccc1)N(Cc1cccc(C)c1)C(=O)CN(c1cccc(OC)c1)S(=O)(=O)c1ccccc1. The molecule has 0 unspecified atom stereocenters. The molecule has 1 N–H and O–H groups in total. The number of benzene rings is 4. The van der Waals surface area contributed by atoms with Crippen molar-refractivity contribution in [1.82, 2.24) is 10.2 Å². The summed E-state index contributed by atoms with van der Waals surface area (Å²) in [5, 5.41) is 3.01. The molecule has 4 aromatic carbocycles. The maximum Gasteiger partial charge on any atom is 0.264 e. The third-order valence-electron chi connectivity index (χ3n) is 7.49. The van der Waals surface area contributed by atoms with Gasteiger partial charge in [-0.1, -0.05) is 97.8 Å². The minimum atomic E-state index is -4.18. The van der Waals surface area contributed by atoms with E-state index >= 15 is 0 Å². The molecule has 2 amide bonds. The van der Waals surface area contributed by atoms with E-state index in [-0.39, 0.29) is 29.5 Å². The van der Waals surface area contributed by atoms with E-state index in [4.69, 9.17) is 4.74 Å². The van der Waals surface area contributed by atoms with Gasteiger partial charge in [-0.3, -0.25) is 13.9 Å². The minimum absolute atomic E-state index is 0.0454. The predicted molar refractivity (Wildman–Crippen MR) is 178 cm³/mol. The largest absolute Gasteiger partial charge is 0.497 e. The fraction of sp³-hybridized carbons (Fsp3) is 0.278. The summed E-state index contributed by atoms with van der Waals surface area (Å²) in [6.45, 7) is 4.08. The van der Waals surface area contributed by atoms with Crippen LogP contribution in [0.2, 0.25) is 0 Å². The number of carbonyl (C=O) groups is 2. The third-order valence-corrected chi connectivity index (χ3v) is 9.28. The highest BCUT2D eigenvalue weighted by atomic mass is 32.2. The average Bonchev–Trinajstić information content (AvgIpc) is 3.06. The van der Waals surface area contributed by atoms with E-state index in [9.17, 15) is 18.0 Å². The molecule has 0 heterocycles. The molecule has 0 aliphatic carbocycles. The molecular weight excluding hydrogens is 586 g/mol. The highest BCUT2D eigenvalue weighted by molar-refractivity contribution is 7.92. The Balaban J connectivity index is 1.79. The monoisotopic (exact) mass is 627 g/mol. The van der Waals surface area contributed by atoms with Gasteiger partial charge in [-0.15, -0.1) is 0 Å². The summed E-state index contributed by atoms with van der Waals surface area (Å²) >= 11 is 0. The summed E-state index contributed by atoms with van der Waals surface area (Å²) in [5.74, 6) is -0.348. The molecule has 236 valence electrons. The summed E-state index contributed by atoms with van der Waals surface area (Å²) in [4.78, 5) is 29.9. The molecule has 9 heteroatoms. The highest BCUT2D eigenvalue weighted by Crippen LogP contribution is 2.28. The van der Waals surface area contributed by atoms with E-state index in [0.29, 0.717) is 12.3 Å². The van der Waals surface area contributed by atoms with Crippen molar-refractivity contribution in [1.29, 1.82) is 0 Å². The number of ether oxygens (including phenoxy) is 1. The first-order chi connectivity index (χ1) is 21.7. The Bertz CT molecular complexity index is 1660. The Labute approximate surface area is 266 Å². The first-order valence-electron chi connectivity index (χ1n) is 15.1. The number of carbonyl (C=O) groups excluding carboxylic acids is 2. The molecule has 45 heavy (non-hydrogen) atoms. The number of amides is 2. The van der Waals surface area contributed by atoms with E-state index < -0.39 is 28.5 Å². The van der Waals surface area contributed by atoms with Crippen LogP contribution in [0.15, 0.2) is 114 Å². The standard InChI is InChI=1S/C36H41N3O5S/c1-4-5-22-37-36(41)34(24-29-15-8-6-9-16-29)38(26-30-17-12-14-28(2)23-30)35(40)27-39(31-18-13-19-32(25-31)44-3)45(42,43)33-20-10-7-11-21-33/h6-21,23,25,34H,4-5,22,24,26-27H2,1-3H3,(H,37,41)/t34-/m0/s1. The first-order valence-corrected chi connectivity index (χ1v) is 16.6. The smallest absolute Gasteiger partial charge is 0.264 e.